The lowest BCUT2D eigenvalue weighted by Gasteiger charge is -2.28. The maximum absolute atomic E-state index is 8.85. The van der Waals surface area contributed by atoms with Crippen LogP contribution in [0.4, 0.5) is 0 Å². The van der Waals surface area contributed by atoms with Crippen molar-refractivity contribution in [1.29, 1.82) is 5.26 Å². The number of hydrogen-bond donors (Lipinski definition) is 0. The first-order chi connectivity index (χ1) is 7.96. The molecule has 0 radical (unpaired) electrons. The normalized spacial score (nSPS) is 11.5. The number of alkyl halides is 1. The SMILES string of the molecule is CN(Cc1cccc(C#N)c1)CC(C)(C)CBr. The van der Waals surface area contributed by atoms with Crippen molar-refractivity contribution in [2.45, 2.75) is 20.4 Å². The van der Waals surface area contributed by atoms with E-state index < -0.39 is 0 Å². The molecule has 1 rings (SSSR count). The van der Waals surface area contributed by atoms with Crippen LogP contribution in [-0.4, -0.2) is 23.8 Å². The van der Waals surface area contributed by atoms with Gasteiger partial charge in [-0.3, -0.25) is 0 Å². The van der Waals surface area contributed by atoms with Crippen LogP contribution in [0, 0.1) is 16.7 Å². The van der Waals surface area contributed by atoms with Crippen molar-refractivity contribution in [3.8, 4) is 6.07 Å². The second-order valence-corrected chi connectivity index (χ2v) is 5.84. The van der Waals surface area contributed by atoms with Gasteiger partial charge in [0.2, 0.25) is 0 Å². The van der Waals surface area contributed by atoms with Crippen LogP contribution in [0.3, 0.4) is 0 Å². The summed E-state index contributed by atoms with van der Waals surface area (Å²) in [6, 6.07) is 9.98. The monoisotopic (exact) mass is 294 g/mol. The number of hydrogen-bond acceptors (Lipinski definition) is 2. The Morgan fingerprint density at radius 1 is 1.41 bits per heavy atom. The topological polar surface area (TPSA) is 27.0 Å². The molecule has 1 aromatic rings. The lowest BCUT2D eigenvalue weighted by atomic mass is 9.96. The molecule has 0 aliphatic carbocycles. The summed E-state index contributed by atoms with van der Waals surface area (Å²) in [5.41, 5.74) is 2.19. The highest BCUT2D eigenvalue weighted by molar-refractivity contribution is 9.09. The summed E-state index contributed by atoms with van der Waals surface area (Å²) < 4.78 is 0. The van der Waals surface area contributed by atoms with Gasteiger partial charge in [0.25, 0.3) is 0 Å². The van der Waals surface area contributed by atoms with Crippen LogP contribution in [0.1, 0.15) is 25.0 Å². The zero-order chi connectivity index (χ0) is 12.9. The van der Waals surface area contributed by atoms with Gasteiger partial charge in [-0.1, -0.05) is 41.9 Å². The first kappa shape index (κ1) is 14.2. The maximum atomic E-state index is 8.85. The number of benzene rings is 1. The minimum atomic E-state index is 0.265. The highest BCUT2D eigenvalue weighted by Gasteiger charge is 2.18. The summed E-state index contributed by atoms with van der Waals surface area (Å²) in [6.45, 7) is 6.38. The number of nitrogens with zero attached hydrogens (tertiary/aromatic N) is 2. The molecule has 0 unspecified atom stereocenters. The van der Waals surface area contributed by atoms with Crippen molar-refractivity contribution in [2.24, 2.45) is 5.41 Å². The van der Waals surface area contributed by atoms with Crippen LogP contribution >= 0.6 is 15.9 Å². The Bertz CT molecular complexity index is 407. The molecular formula is C14H19BrN2. The Hall–Kier alpha value is -0.850. The van der Waals surface area contributed by atoms with Crippen LogP contribution in [0.25, 0.3) is 0 Å². The van der Waals surface area contributed by atoms with Gasteiger partial charge in [0.15, 0.2) is 0 Å². The van der Waals surface area contributed by atoms with Crippen molar-refractivity contribution < 1.29 is 0 Å². The van der Waals surface area contributed by atoms with Crippen molar-refractivity contribution in [2.75, 3.05) is 18.9 Å². The highest BCUT2D eigenvalue weighted by atomic mass is 79.9. The van der Waals surface area contributed by atoms with E-state index >= 15 is 0 Å². The number of nitriles is 1. The third kappa shape index (κ3) is 4.89. The average Bonchev–Trinajstić information content (AvgIpc) is 2.28. The standard InChI is InChI=1S/C14H19BrN2/c1-14(2,10-15)11-17(3)9-13-6-4-5-12(7-13)8-16/h4-7H,9-11H2,1-3H3. The largest absolute Gasteiger partial charge is 0.302 e. The number of rotatable bonds is 5. The van der Waals surface area contributed by atoms with E-state index in [9.17, 15) is 0 Å². The second-order valence-electron chi connectivity index (χ2n) is 5.28. The molecule has 0 aliphatic rings. The molecule has 0 fully saturated rings. The molecule has 0 bridgehead atoms. The summed E-state index contributed by atoms with van der Waals surface area (Å²) in [6.07, 6.45) is 0. The van der Waals surface area contributed by atoms with Crippen LogP contribution in [-0.2, 0) is 6.54 Å². The first-order valence-electron chi connectivity index (χ1n) is 5.70. The molecule has 0 N–H and O–H groups in total. The Labute approximate surface area is 112 Å². The van der Waals surface area contributed by atoms with E-state index in [1.165, 1.54) is 5.56 Å². The van der Waals surface area contributed by atoms with E-state index in [-0.39, 0.29) is 5.41 Å². The molecule has 2 nitrogen and oxygen atoms in total. The van der Waals surface area contributed by atoms with Crippen molar-refractivity contribution in [3.63, 3.8) is 0 Å². The van der Waals surface area contributed by atoms with E-state index in [0.717, 1.165) is 24.0 Å². The molecule has 0 amide bonds. The van der Waals surface area contributed by atoms with Gasteiger partial charge in [-0.2, -0.15) is 5.26 Å². The molecule has 17 heavy (non-hydrogen) atoms. The summed E-state index contributed by atoms with van der Waals surface area (Å²) in [5, 5.41) is 9.84. The highest BCUT2D eigenvalue weighted by Crippen LogP contribution is 2.20. The summed E-state index contributed by atoms with van der Waals surface area (Å²) in [5.74, 6) is 0. The quantitative estimate of drug-likeness (QED) is 0.778. The Kier molecular flexibility index (Phi) is 5.17. The summed E-state index contributed by atoms with van der Waals surface area (Å²) >= 11 is 3.54. The zero-order valence-electron chi connectivity index (χ0n) is 10.7. The lowest BCUT2D eigenvalue weighted by molar-refractivity contribution is 0.226. The van der Waals surface area contributed by atoms with Crippen LogP contribution in [0.15, 0.2) is 24.3 Å². The van der Waals surface area contributed by atoms with Crippen LogP contribution in [0.5, 0.6) is 0 Å². The van der Waals surface area contributed by atoms with Gasteiger partial charge in [0.05, 0.1) is 11.6 Å². The summed E-state index contributed by atoms with van der Waals surface area (Å²) in [7, 11) is 2.11. The fourth-order valence-electron chi connectivity index (χ4n) is 1.88. The first-order valence-corrected chi connectivity index (χ1v) is 6.82. The van der Waals surface area contributed by atoms with Gasteiger partial charge in [-0.25, -0.2) is 0 Å². The molecule has 3 heteroatoms. The molecule has 0 saturated heterocycles. The van der Waals surface area contributed by atoms with E-state index in [1.54, 1.807) is 0 Å². The van der Waals surface area contributed by atoms with Crippen molar-refractivity contribution >= 4 is 15.9 Å². The van der Waals surface area contributed by atoms with Crippen LogP contribution in [0.2, 0.25) is 0 Å². The third-order valence-corrected chi connectivity index (χ3v) is 4.09. The van der Waals surface area contributed by atoms with Gasteiger partial charge in [-0.05, 0) is 30.2 Å². The Morgan fingerprint density at radius 3 is 2.71 bits per heavy atom. The van der Waals surface area contributed by atoms with Gasteiger partial charge in [-0.15, -0.1) is 0 Å². The molecule has 1 aromatic carbocycles. The molecule has 0 aromatic heterocycles. The Balaban J connectivity index is 2.62. The summed E-state index contributed by atoms with van der Waals surface area (Å²) in [4.78, 5) is 2.29. The molecule has 0 atom stereocenters. The number of halogens is 1. The fraction of sp³-hybridized carbons (Fsp3) is 0.500. The maximum Gasteiger partial charge on any atom is 0.0991 e. The van der Waals surface area contributed by atoms with Gasteiger partial charge in [0, 0.05) is 18.4 Å². The predicted octanol–water partition coefficient (Wildman–Crippen LogP) is 3.41. The van der Waals surface area contributed by atoms with E-state index in [4.69, 9.17) is 5.26 Å². The molecule has 0 saturated carbocycles. The fourth-order valence-corrected chi connectivity index (χ4v) is 2.06. The van der Waals surface area contributed by atoms with Gasteiger partial charge < -0.3 is 4.90 Å². The smallest absolute Gasteiger partial charge is 0.0991 e. The molecular weight excluding hydrogens is 276 g/mol. The van der Waals surface area contributed by atoms with E-state index in [1.807, 2.05) is 18.2 Å². The predicted molar refractivity (Wildman–Crippen MR) is 75.1 cm³/mol. The van der Waals surface area contributed by atoms with Gasteiger partial charge in [0.1, 0.15) is 0 Å². The average molecular weight is 295 g/mol. The van der Waals surface area contributed by atoms with Gasteiger partial charge >= 0.3 is 0 Å². The molecule has 0 aliphatic heterocycles. The molecule has 92 valence electrons. The zero-order valence-corrected chi connectivity index (χ0v) is 12.3. The Morgan fingerprint density at radius 2 is 2.12 bits per heavy atom. The second kappa shape index (κ2) is 6.18. The van der Waals surface area contributed by atoms with E-state index in [0.29, 0.717) is 0 Å². The van der Waals surface area contributed by atoms with Crippen molar-refractivity contribution in [3.05, 3.63) is 35.4 Å². The lowest BCUT2D eigenvalue weighted by Crippen LogP contribution is -2.32. The molecule has 0 heterocycles. The molecule has 0 spiro atoms. The van der Waals surface area contributed by atoms with E-state index in [2.05, 4.69) is 53.9 Å². The van der Waals surface area contributed by atoms with Crippen LogP contribution < -0.4 is 0 Å². The third-order valence-electron chi connectivity index (χ3n) is 2.57. The minimum Gasteiger partial charge on any atom is -0.302 e. The van der Waals surface area contributed by atoms with Crippen molar-refractivity contribution in [1.82, 2.24) is 4.90 Å². The minimum absolute atomic E-state index is 0.265.